The van der Waals surface area contributed by atoms with E-state index in [-0.39, 0.29) is 21.3 Å². The molecule has 1 aliphatic heterocycles. The van der Waals surface area contributed by atoms with Gasteiger partial charge in [-0.25, -0.2) is 22.8 Å². The number of anilines is 2. The highest BCUT2D eigenvalue weighted by Crippen LogP contribution is 2.30. The lowest BCUT2D eigenvalue weighted by Crippen LogP contribution is -2.32. The molecule has 2 aromatic rings. The van der Waals surface area contributed by atoms with Crippen molar-refractivity contribution in [3.63, 3.8) is 0 Å². The molecule has 0 spiro atoms. The molecule has 134 valence electrons. The van der Waals surface area contributed by atoms with Crippen molar-refractivity contribution in [1.29, 1.82) is 0 Å². The molecule has 3 N–H and O–H groups in total. The quantitative estimate of drug-likeness (QED) is 0.768. The fourth-order valence-electron chi connectivity index (χ4n) is 2.31. The fourth-order valence-corrected chi connectivity index (χ4v) is 3.04. The Hall–Kier alpha value is -2.75. The van der Waals surface area contributed by atoms with Crippen molar-refractivity contribution in [3.05, 3.63) is 65.1 Å². The van der Waals surface area contributed by atoms with Crippen molar-refractivity contribution < 1.29 is 22.4 Å². The molecule has 0 bridgehead atoms. The first-order valence-electron chi connectivity index (χ1n) is 7.12. The first-order valence-corrected chi connectivity index (χ1v) is 9.05. The number of nitrogens with zero attached hydrogens (tertiary/aromatic N) is 1. The minimum Gasteiger partial charge on any atom is -0.350 e. The van der Waals surface area contributed by atoms with Crippen molar-refractivity contribution in [1.82, 2.24) is 0 Å². The predicted octanol–water partition coefficient (Wildman–Crippen LogP) is 1.91. The maximum Gasteiger partial charge on any atom is 0.283 e. The lowest BCUT2D eigenvalue weighted by atomic mass is 10.3. The molecule has 0 saturated heterocycles. The number of halogens is 2. The highest BCUT2D eigenvalue weighted by molar-refractivity contribution is 7.89. The van der Waals surface area contributed by atoms with Gasteiger partial charge in [-0.15, -0.1) is 0 Å². The number of primary sulfonamides is 1. The summed E-state index contributed by atoms with van der Waals surface area (Å²) in [7, 11) is -3.85. The topological polar surface area (TPSA) is 110 Å². The van der Waals surface area contributed by atoms with Crippen LogP contribution in [0.3, 0.4) is 0 Å². The standard InChI is InChI=1S/C16H11ClFN3O4S/c17-13-14(20-10-3-7-12(8-4-10)26(19,24)25)16(23)21(15(13)22)11-5-1-9(18)2-6-11/h1-8,20H,(H2,19,24,25). The molecular weight excluding hydrogens is 385 g/mol. The van der Waals surface area contributed by atoms with Crippen LogP contribution in [0.5, 0.6) is 0 Å². The normalized spacial score (nSPS) is 15.0. The van der Waals surface area contributed by atoms with Crippen LogP contribution in [0.25, 0.3) is 0 Å². The summed E-state index contributed by atoms with van der Waals surface area (Å²) in [6.45, 7) is 0. The Bertz CT molecular complexity index is 1030. The molecule has 1 aliphatic rings. The van der Waals surface area contributed by atoms with Gasteiger partial charge in [0.25, 0.3) is 11.8 Å². The van der Waals surface area contributed by atoms with Gasteiger partial charge in [0, 0.05) is 5.69 Å². The Balaban J connectivity index is 1.87. The zero-order valence-electron chi connectivity index (χ0n) is 12.9. The van der Waals surface area contributed by atoms with Crippen LogP contribution in [0.1, 0.15) is 0 Å². The SMILES string of the molecule is NS(=O)(=O)c1ccc(NC2=C(Cl)C(=O)N(c3ccc(F)cc3)C2=O)cc1. The van der Waals surface area contributed by atoms with E-state index in [2.05, 4.69) is 5.32 Å². The van der Waals surface area contributed by atoms with Crippen molar-refractivity contribution in [3.8, 4) is 0 Å². The number of nitrogens with one attached hydrogen (secondary N) is 1. The molecule has 2 aromatic carbocycles. The Morgan fingerprint density at radius 1 is 0.962 bits per heavy atom. The second-order valence-electron chi connectivity index (χ2n) is 5.31. The van der Waals surface area contributed by atoms with Gasteiger partial charge < -0.3 is 5.32 Å². The van der Waals surface area contributed by atoms with E-state index in [1.807, 2.05) is 0 Å². The molecule has 0 aliphatic carbocycles. The zero-order valence-corrected chi connectivity index (χ0v) is 14.5. The van der Waals surface area contributed by atoms with Gasteiger partial charge in [-0.3, -0.25) is 9.59 Å². The van der Waals surface area contributed by atoms with Gasteiger partial charge in [0.2, 0.25) is 10.0 Å². The van der Waals surface area contributed by atoms with E-state index in [1.165, 1.54) is 36.4 Å². The van der Waals surface area contributed by atoms with Crippen LogP contribution in [-0.4, -0.2) is 20.2 Å². The van der Waals surface area contributed by atoms with Gasteiger partial charge >= 0.3 is 0 Å². The molecule has 7 nitrogen and oxygen atoms in total. The largest absolute Gasteiger partial charge is 0.350 e. The second kappa shape index (κ2) is 6.52. The summed E-state index contributed by atoms with van der Waals surface area (Å²) in [5, 5.41) is 7.36. The van der Waals surface area contributed by atoms with E-state index in [0.717, 1.165) is 17.0 Å². The highest BCUT2D eigenvalue weighted by Gasteiger charge is 2.38. The molecule has 2 amide bonds. The molecule has 0 atom stereocenters. The lowest BCUT2D eigenvalue weighted by molar-refractivity contribution is -0.120. The first-order chi connectivity index (χ1) is 12.2. The van der Waals surface area contributed by atoms with Crippen LogP contribution in [0.4, 0.5) is 15.8 Å². The summed E-state index contributed by atoms with van der Waals surface area (Å²) in [5.41, 5.74) is 0.318. The first kappa shape index (κ1) is 18.1. The van der Waals surface area contributed by atoms with E-state index in [9.17, 15) is 22.4 Å². The van der Waals surface area contributed by atoms with Crippen LogP contribution in [0.15, 0.2) is 64.2 Å². The number of nitrogens with two attached hydrogens (primary N) is 1. The Kier molecular flexibility index (Phi) is 4.53. The monoisotopic (exact) mass is 395 g/mol. The van der Waals surface area contributed by atoms with Crippen LogP contribution < -0.4 is 15.4 Å². The summed E-state index contributed by atoms with van der Waals surface area (Å²) in [4.78, 5) is 25.5. The Labute approximate surface area is 152 Å². The van der Waals surface area contributed by atoms with Gasteiger partial charge in [-0.1, -0.05) is 11.6 Å². The molecule has 0 radical (unpaired) electrons. The number of hydrogen-bond acceptors (Lipinski definition) is 5. The summed E-state index contributed by atoms with van der Waals surface area (Å²) in [5.74, 6) is -1.99. The third-order valence-corrected chi connectivity index (χ3v) is 4.84. The number of amides is 2. The van der Waals surface area contributed by atoms with Gasteiger partial charge in [0.15, 0.2) is 0 Å². The van der Waals surface area contributed by atoms with Crippen LogP contribution >= 0.6 is 11.6 Å². The van der Waals surface area contributed by atoms with Crippen molar-refractivity contribution in [2.45, 2.75) is 4.90 Å². The van der Waals surface area contributed by atoms with Crippen LogP contribution in [0.2, 0.25) is 0 Å². The van der Waals surface area contributed by atoms with Crippen LogP contribution in [0, 0.1) is 5.82 Å². The molecule has 0 aromatic heterocycles. The molecule has 0 saturated carbocycles. The average Bonchev–Trinajstić information content (AvgIpc) is 2.79. The van der Waals surface area contributed by atoms with Crippen molar-refractivity contribution >= 4 is 44.8 Å². The number of carbonyl (C=O) groups is 2. The third-order valence-electron chi connectivity index (χ3n) is 3.56. The molecule has 10 heteroatoms. The third kappa shape index (κ3) is 3.32. The maximum atomic E-state index is 13.0. The number of sulfonamides is 1. The summed E-state index contributed by atoms with van der Waals surface area (Å²) >= 11 is 5.97. The van der Waals surface area contributed by atoms with E-state index in [1.54, 1.807) is 0 Å². The number of hydrogen-bond donors (Lipinski definition) is 2. The van der Waals surface area contributed by atoms with E-state index in [4.69, 9.17) is 16.7 Å². The van der Waals surface area contributed by atoms with E-state index in [0.29, 0.717) is 5.69 Å². The summed E-state index contributed by atoms with van der Waals surface area (Å²) in [6.07, 6.45) is 0. The van der Waals surface area contributed by atoms with Crippen molar-refractivity contribution in [2.75, 3.05) is 10.2 Å². The second-order valence-corrected chi connectivity index (χ2v) is 7.24. The van der Waals surface area contributed by atoms with Gasteiger partial charge in [-0.2, -0.15) is 0 Å². The van der Waals surface area contributed by atoms with Gasteiger partial charge in [0.1, 0.15) is 16.5 Å². The maximum absolute atomic E-state index is 13.0. The van der Waals surface area contributed by atoms with E-state index < -0.39 is 27.7 Å². The van der Waals surface area contributed by atoms with Gasteiger partial charge in [-0.05, 0) is 48.5 Å². The number of rotatable bonds is 4. The average molecular weight is 396 g/mol. The van der Waals surface area contributed by atoms with E-state index >= 15 is 0 Å². The molecular formula is C16H11ClFN3O4S. The molecule has 0 fully saturated rings. The lowest BCUT2D eigenvalue weighted by Gasteiger charge is -2.15. The minimum atomic E-state index is -3.85. The summed E-state index contributed by atoms with van der Waals surface area (Å²) < 4.78 is 35.5. The van der Waals surface area contributed by atoms with Crippen LogP contribution in [-0.2, 0) is 19.6 Å². The van der Waals surface area contributed by atoms with Gasteiger partial charge in [0.05, 0.1) is 10.6 Å². The zero-order chi connectivity index (χ0) is 19.1. The number of carbonyl (C=O) groups excluding carboxylic acids is 2. The number of benzene rings is 2. The molecule has 26 heavy (non-hydrogen) atoms. The van der Waals surface area contributed by atoms with Crippen molar-refractivity contribution in [2.24, 2.45) is 5.14 Å². The molecule has 0 unspecified atom stereocenters. The Morgan fingerprint density at radius 2 is 1.54 bits per heavy atom. The molecule has 3 rings (SSSR count). The smallest absolute Gasteiger partial charge is 0.283 e. The molecule has 1 heterocycles. The highest BCUT2D eigenvalue weighted by atomic mass is 35.5. The minimum absolute atomic E-state index is 0.107. The fraction of sp³-hybridized carbons (Fsp3) is 0. The summed E-state index contributed by atoms with van der Waals surface area (Å²) in [6, 6.07) is 10.0. The number of imide groups is 1. The predicted molar refractivity (Wildman–Crippen MR) is 93.2 cm³/mol. The Morgan fingerprint density at radius 3 is 2.08 bits per heavy atom.